The summed E-state index contributed by atoms with van der Waals surface area (Å²) in [6.45, 7) is 0. The van der Waals surface area contributed by atoms with Crippen LogP contribution >= 0.6 is 11.6 Å². The van der Waals surface area contributed by atoms with Crippen molar-refractivity contribution in [3.63, 3.8) is 0 Å². The molecular weight excluding hydrogens is 336 g/mol. The van der Waals surface area contributed by atoms with E-state index >= 15 is 0 Å². The van der Waals surface area contributed by atoms with E-state index in [0.29, 0.717) is 10.6 Å². The first-order valence-electron chi connectivity index (χ1n) is 6.64. The molecule has 116 valence electrons. The molecule has 3 aromatic rings. The number of halogens is 1. The standard InChI is InChI=1S/C16H11ClN2O3S/c17-12-8-6-11(7-9-12)16(20)15-14(10-18-19-15)23(21,22)13-4-2-1-3-5-13/h1-10H,(H,18,19). The number of nitrogens with one attached hydrogen (secondary N) is 1. The fourth-order valence-corrected chi connectivity index (χ4v) is 3.61. The predicted molar refractivity (Wildman–Crippen MR) is 85.4 cm³/mol. The van der Waals surface area contributed by atoms with E-state index in [1.165, 1.54) is 30.5 Å². The Hall–Kier alpha value is -2.44. The summed E-state index contributed by atoms with van der Waals surface area (Å²) in [6.07, 6.45) is 1.21. The zero-order valence-corrected chi connectivity index (χ0v) is 13.3. The summed E-state index contributed by atoms with van der Waals surface area (Å²) in [5.41, 5.74) is 0.169. The van der Waals surface area contributed by atoms with Crippen LogP contribution < -0.4 is 0 Å². The second kappa shape index (κ2) is 5.98. The third-order valence-corrected chi connectivity index (χ3v) is 5.30. The molecular formula is C16H11ClN2O3S. The van der Waals surface area contributed by atoms with E-state index in [1.807, 2.05) is 0 Å². The summed E-state index contributed by atoms with van der Waals surface area (Å²) >= 11 is 5.80. The molecule has 0 spiro atoms. The average Bonchev–Trinajstić information content (AvgIpc) is 3.06. The number of rotatable bonds is 4. The van der Waals surface area contributed by atoms with E-state index in [-0.39, 0.29) is 15.5 Å². The number of nitrogens with zero attached hydrogens (tertiary/aromatic N) is 1. The Balaban J connectivity index is 2.06. The average molecular weight is 347 g/mol. The number of hydrogen-bond donors (Lipinski definition) is 1. The van der Waals surface area contributed by atoms with Crippen molar-refractivity contribution in [2.24, 2.45) is 0 Å². The van der Waals surface area contributed by atoms with Crippen molar-refractivity contribution >= 4 is 27.2 Å². The van der Waals surface area contributed by atoms with Gasteiger partial charge in [0, 0.05) is 16.8 Å². The zero-order valence-electron chi connectivity index (χ0n) is 11.7. The van der Waals surface area contributed by atoms with Gasteiger partial charge in [0.2, 0.25) is 15.6 Å². The molecule has 0 saturated carbocycles. The molecule has 0 atom stereocenters. The van der Waals surface area contributed by atoms with Gasteiger partial charge < -0.3 is 0 Å². The maximum absolute atomic E-state index is 12.7. The quantitative estimate of drug-likeness (QED) is 0.736. The highest BCUT2D eigenvalue weighted by atomic mass is 35.5. The number of hydrogen-bond acceptors (Lipinski definition) is 4. The van der Waals surface area contributed by atoms with Gasteiger partial charge in [-0.2, -0.15) is 5.10 Å². The molecule has 1 aromatic heterocycles. The van der Waals surface area contributed by atoms with E-state index in [4.69, 9.17) is 11.6 Å². The number of sulfone groups is 1. The third-order valence-electron chi connectivity index (χ3n) is 3.27. The Kier molecular flexibility index (Phi) is 4.02. The van der Waals surface area contributed by atoms with Gasteiger partial charge in [-0.25, -0.2) is 8.42 Å². The first kappa shape index (κ1) is 15.5. The van der Waals surface area contributed by atoms with Gasteiger partial charge in [0.25, 0.3) is 0 Å². The molecule has 0 radical (unpaired) electrons. The van der Waals surface area contributed by atoms with Crippen LogP contribution in [0.15, 0.2) is 70.6 Å². The number of aromatic amines is 1. The number of carbonyl (C=O) groups is 1. The van der Waals surface area contributed by atoms with E-state index in [1.54, 1.807) is 30.3 Å². The van der Waals surface area contributed by atoms with Crippen LogP contribution in [-0.2, 0) is 9.84 Å². The van der Waals surface area contributed by atoms with Crippen LogP contribution in [0, 0.1) is 0 Å². The van der Waals surface area contributed by atoms with Crippen LogP contribution in [0.1, 0.15) is 16.1 Å². The van der Waals surface area contributed by atoms with E-state index in [9.17, 15) is 13.2 Å². The molecule has 23 heavy (non-hydrogen) atoms. The molecule has 1 N–H and O–H groups in total. The summed E-state index contributed by atoms with van der Waals surface area (Å²) in [7, 11) is -3.83. The second-order valence-electron chi connectivity index (χ2n) is 4.75. The molecule has 2 aromatic carbocycles. The van der Waals surface area contributed by atoms with E-state index < -0.39 is 15.6 Å². The van der Waals surface area contributed by atoms with Gasteiger partial charge in [-0.05, 0) is 36.4 Å². The molecule has 0 fully saturated rings. The van der Waals surface area contributed by atoms with Crippen LogP contribution in [0.25, 0.3) is 0 Å². The maximum Gasteiger partial charge on any atom is 0.214 e. The van der Waals surface area contributed by atoms with Gasteiger partial charge in [0.05, 0.1) is 4.90 Å². The summed E-state index contributed by atoms with van der Waals surface area (Å²) in [6, 6.07) is 14.1. The molecule has 0 aliphatic rings. The summed E-state index contributed by atoms with van der Waals surface area (Å²) in [5, 5.41) is 6.77. The van der Waals surface area contributed by atoms with E-state index in [0.717, 1.165) is 0 Å². The van der Waals surface area contributed by atoms with Crippen molar-refractivity contribution in [2.45, 2.75) is 9.79 Å². The van der Waals surface area contributed by atoms with Crippen molar-refractivity contribution in [1.82, 2.24) is 10.2 Å². The van der Waals surface area contributed by atoms with Crippen molar-refractivity contribution in [3.8, 4) is 0 Å². The van der Waals surface area contributed by atoms with Crippen molar-refractivity contribution in [2.75, 3.05) is 0 Å². The van der Waals surface area contributed by atoms with Gasteiger partial charge in [0.15, 0.2) is 5.69 Å². The van der Waals surface area contributed by atoms with Gasteiger partial charge in [-0.3, -0.25) is 9.89 Å². The van der Waals surface area contributed by atoms with Crippen LogP contribution in [-0.4, -0.2) is 24.4 Å². The van der Waals surface area contributed by atoms with Gasteiger partial charge in [0.1, 0.15) is 4.90 Å². The lowest BCUT2D eigenvalue weighted by molar-refractivity contribution is 0.103. The predicted octanol–water partition coefficient (Wildman–Crippen LogP) is 3.13. The zero-order chi connectivity index (χ0) is 16.4. The van der Waals surface area contributed by atoms with Crippen LogP contribution in [0.4, 0.5) is 0 Å². The minimum Gasteiger partial charge on any atom is -0.287 e. The van der Waals surface area contributed by atoms with Crippen molar-refractivity contribution in [3.05, 3.63) is 77.1 Å². The molecule has 0 aliphatic carbocycles. The Morgan fingerprint density at radius 3 is 2.30 bits per heavy atom. The van der Waals surface area contributed by atoms with Crippen LogP contribution in [0.2, 0.25) is 5.02 Å². The molecule has 0 saturated heterocycles. The largest absolute Gasteiger partial charge is 0.287 e. The number of carbonyl (C=O) groups excluding carboxylic acids is 1. The Bertz CT molecular complexity index is 949. The third kappa shape index (κ3) is 2.91. The molecule has 0 aliphatic heterocycles. The van der Waals surface area contributed by atoms with Gasteiger partial charge >= 0.3 is 0 Å². The van der Waals surface area contributed by atoms with Gasteiger partial charge in [-0.15, -0.1) is 0 Å². The topological polar surface area (TPSA) is 79.9 Å². The van der Waals surface area contributed by atoms with E-state index in [2.05, 4.69) is 10.2 Å². The number of aromatic nitrogens is 2. The minimum atomic E-state index is -3.83. The smallest absolute Gasteiger partial charge is 0.214 e. The van der Waals surface area contributed by atoms with Gasteiger partial charge in [-0.1, -0.05) is 29.8 Å². The molecule has 1 heterocycles. The lowest BCUT2D eigenvalue weighted by atomic mass is 10.1. The Labute approximate surface area is 137 Å². The molecule has 7 heteroatoms. The molecule has 0 amide bonds. The minimum absolute atomic E-state index is 0.103. The Morgan fingerprint density at radius 1 is 1.00 bits per heavy atom. The van der Waals surface area contributed by atoms with Crippen LogP contribution in [0.3, 0.4) is 0 Å². The van der Waals surface area contributed by atoms with Crippen LogP contribution in [0.5, 0.6) is 0 Å². The Morgan fingerprint density at radius 2 is 1.65 bits per heavy atom. The monoisotopic (exact) mass is 346 g/mol. The fourth-order valence-electron chi connectivity index (χ4n) is 2.11. The number of H-pyrrole nitrogens is 1. The number of ketones is 1. The highest BCUT2D eigenvalue weighted by Crippen LogP contribution is 2.24. The summed E-state index contributed by atoms with van der Waals surface area (Å²) < 4.78 is 25.3. The van der Waals surface area contributed by atoms with Crippen molar-refractivity contribution < 1.29 is 13.2 Å². The first-order chi connectivity index (χ1) is 11.0. The fraction of sp³-hybridized carbons (Fsp3) is 0. The van der Waals surface area contributed by atoms with Crippen molar-refractivity contribution in [1.29, 1.82) is 0 Å². The highest BCUT2D eigenvalue weighted by molar-refractivity contribution is 7.91. The lowest BCUT2D eigenvalue weighted by Crippen LogP contribution is -2.10. The summed E-state index contributed by atoms with van der Waals surface area (Å²) in [4.78, 5) is 12.5. The number of benzene rings is 2. The maximum atomic E-state index is 12.7. The summed E-state index contributed by atoms with van der Waals surface area (Å²) in [5.74, 6) is -0.488. The highest BCUT2D eigenvalue weighted by Gasteiger charge is 2.27. The normalized spacial score (nSPS) is 11.3. The molecule has 0 bridgehead atoms. The lowest BCUT2D eigenvalue weighted by Gasteiger charge is -2.04. The molecule has 5 nitrogen and oxygen atoms in total. The second-order valence-corrected chi connectivity index (χ2v) is 7.11. The SMILES string of the molecule is O=C(c1ccc(Cl)cc1)c1n[nH]cc1S(=O)(=O)c1ccccc1. The molecule has 0 unspecified atom stereocenters. The first-order valence-corrected chi connectivity index (χ1v) is 8.50. The molecule has 3 rings (SSSR count).